The number of aromatic hydroxyl groups is 1. The summed E-state index contributed by atoms with van der Waals surface area (Å²) < 4.78 is 1.61. The molecule has 21 heavy (non-hydrogen) atoms. The number of rotatable bonds is 3. The van der Waals surface area contributed by atoms with Crippen LogP contribution in [0, 0.1) is 6.92 Å². The van der Waals surface area contributed by atoms with Crippen LogP contribution in [0.5, 0.6) is 5.88 Å². The van der Waals surface area contributed by atoms with Crippen LogP contribution in [0.1, 0.15) is 18.1 Å². The zero-order chi connectivity index (χ0) is 14.8. The zero-order valence-corrected chi connectivity index (χ0v) is 12.2. The van der Waals surface area contributed by atoms with Crippen LogP contribution < -0.4 is 0 Å². The van der Waals surface area contributed by atoms with Crippen molar-refractivity contribution < 1.29 is 5.11 Å². The molecule has 0 fully saturated rings. The van der Waals surface area contributed by atoms with Gasteiger partial charge in [-0.25, -0.2) is 4.68 Å². The van der Waals surface area contributed by atoms with Crippen molar-refractivity contribution in [2.75, 3.05) is 0 Å². The van der Waals surface area contributed by atoms with Gasteiger partial charge in [-0.1, -0.05) is 48.9 Å². The fourth-order valence-corrected chi connectivity index (χ4v) is 2.54. The van der Waals surface area contributed by atoms with Crippen LogP contribution >= 0.6 is 0 Å². The molecule has 0 bridgehead atoms. The van der Waals surface area contributed by atoms with E-state index in [1.165, 1.54) is 5.56 Å². The van der Waals surface area contributed by atoms with Crippen molar-refractivity contribution in [2.45, 2.75) is 20.3 Å². The fourth-order valence-electron chi connectivity index (χ4n) is 2.54. The molecular weight excluding hydrogens is 260 g/mol. The van der Waals surface area contributed by atoms with Gasteiger partial charge < -0.3 is 5.11 Å². The summed E-state index contributed by atoms with van der Waals surface area (Å²) in [6.45, 7) is 4.09. The second-order valence-electron chi connectivity index (χ2n) is 5.12. The molecular formula is C18H18N2O. The van der Waals surface area contributed by atoms with E-state index in [1.54, 1.807) is 4.68 Å². The van der Waals surface area contributed by atoms with E-state index >= 15 is 0 Å². The van der Waals surface area contributed by atoms with Crippen LogP contribution in [0.4, 0.5) is 0 Å². The van der Waals surface area contributed by atoms with Crippen molar-refractivity contribution in [1.29, 1.82) is 0 Å². The van der Waals surface area contributed by atoms with Crippen LogP contribution in [-0.2, 0) is 6.42 Å². The van der Waals surface area contributed by atoms with Gasteiger partial charge in [0.2, 0.25) is 5.88 Å². The Labute approximate surface area is 124 Å². The van der Waals surface area contributed by atoms with Gasteiger partial charge in [0, 0.05) is 11.1 Å². The SMILES string of the molecule is CCc1c(-c2cccc(C)c2)nn(-c2ccccc2)c1O. The first-order valence-electron chi connectivity index (χ1n) is 7.14. The molecule has 0 spiro atoms. The van der Waals surface area contributed by atoms with Crippen LogP contribution in [0.2, 0.25) is 0 Å². The van der Waals surface area contributed by atoms with Gasteiger partial charge in [-0.05, 0) is 31.5 Å². The van der Waals surface area contributed by atoms with Gasteiger partial charge in [-0.3, -0.25) is 0 Å². The van der Waals surface area contributed by atoms with Gasteiger partial charge in [0.05, 0.1) is 11.4 Å². The van der Waals surface area contributed by atoms with Crippen molar-refractivity contribution in [3.8, 4) is 22.8 Å². The Balaban J connectivity index is 2.19. The second kappa shape index (κ2) is 5.44. The molecule has 3 heteroatoms. The van der Waals surface area contributed by atoms with Crippen molar-refractivity contribution in [2.24, 2.45) is 0 Å². The average Bonchev–Trinajstić information content (AvgIpc) is 2.85. The first kappa shape index (κ1) is 13.4. The largest absolute Gasteiger partial charge is 0.493 e. The summed E-state index contributed by atoms with van der Waals surface area (Å²) in [5.41, 5.74) is 4.82. The number of para-hydroxylation sites is 1. The third kappa shape index (κ3) is 2.42. The quantitative estimate of drug-likeness (QED) is 0.782. The lowest BCUT2D eigenvalue weighted by Gasteiger charge is -2.02. The number of nitrogens with zero attached hydrogens (tertiary/aromatic N) is 2. The van der Waals surface area contributed by atoms with Crippen LogP contribution in [-0.4, -0.2) is 14.9 Å². The van der Waals surface area contributed by atoms with Gasteiger partial charge in [-0.2, -0.15) is 5.10 Å². The number of aryl methyl sites for hydroxylation is 1. The standard InChI is InChI=1S/C18H18N2O/c1-3-16-17(14-9-7-8-13(2)12-14)19-20(18(16)21)15-10-5-4-6-11-15/h4-12,21H,3H2,1-2H3. The summed E-state index contributed by atoms with van der Waals surface area (Å²) in [5, 5.41) is 15.1. The summed E-state index contributed by atoms with van der Waals surface area (Å²) in [7, 11) is 0. The minimum Gasteiger partial charge on any atom is -0.493 e. The van der Waals surface area contributed by atoms with Gasteiger partial charge in [-0.15, -0.1) is 0 Å². The Morgan fingerprint density at radius 2 is 1.81 bits per heavy atom. The minimum absolute atomic E-state index is 0.222. The number of aromatic nitrogens is 2. The number of benzene rings is 2. The molecule has 1 heterocycles. The maximum absolute atomic E-state index is 10.5. The Hall–Kier alpha value is -2.55. The molecule has 106 valence electrons. The molecule has 0 unspecified atom stereocenters. The van der Waals surface area contributed by atoms with Crippen LogP contribution in [0.3, 0.4) is 0 Å². The number of hydrogen-bond donors (Lipinski definition) is 1. The van der Waals surface area contributed by atoms with Gasteiger partial charge >= 0.3 is 0 Å². The van der Waals surface area contributed by atoms with Crippen LogP contribution in [0.25, 0.3) is 16.9 Å². The smallest absolute Gasteiger partial charge is 0.218 e. The summed E-state index contributed by atoms with van der Waals surface area (Å²) >= 11 is 0. The highest BCUT2D eigenvalue weighted by Crippen LogP contribution is 2.32. The molecule has 2 aromatic carbocycles. The highest BCUT2D eigenvalue weighted by Gasteiger charge is 2.18. The fraction of sp³-hybridized carbons (Fsp3) is 0.167. The molecule has 0 saturated carbocycles. The predicted octanol–water partition coefficient (Wildman–Crippen LogP) is 4.12. The lowest BCUT2D eigenvalue weighted by molar-refractivity contribution is 0.428. The molecule has 0 aliphatic rings. The first-order chi connectivity index (χ1) is 10.2. The Morgan fingerprint density at radius 3 is 2.48 bits per heavy atom. The van der Waals surface area contributed by atoms with Gasteiger partial charge in [0.1, 0.15) is 0 Å². The lowest BCUT2D eigenvalue weighted by Crippen LogP contribution is -1.95. The molecule has 1 aromatic heterocycles. The van der Waals surface area contributed by atoms with E-state index in [9.17, 15) is 5.11 Å². The maximum atomic E-state index is 10.5. The minimum atomic E-state index is 0.222. The summed E-state index contributed by atoms with van der Waals surface area (Å²) in [4.78, 5) is 0. The first-order valence-corrected chi connectivity index (χ1v) is 7.14. The lowest BCUT2D eigenvalue weighted by atomic mass is 10.0. The van der Waals surface area contributed by atoms with E-state index in [0.717, 1.165) is 28.9 Å². The van der Waals surface area contributed by atoms with E-state index in [0.29, 0.717) is 0 Å². The summed E-state index contributed by atoms with van der Waals surface area (Å²) in [6.07, 6.45) is 0.738. The molecule has 1 N–H and O–H groups in total. The Morgan fingerprint density at radius 1 is 1.05 bits per heavy atom. The second-order valence-corrected chi connectivity index (χ2v) is 5.12. The van der Waals surface area contributed by atoms with Crippen molar-refractivity contribution >= 4 is 0 Å². The third-order valence-electron chi connectivity index (χ3n) is 3.60. The summed E-state index contributed by atoms with van der Waals surface area (Å²) in [6, 6.07) is 17.9. The topological polar surface area (TPSA) is 38.0 Å². The normalized spacial score (nSPS) is 10.8. The molecule has 3 rings (SSSR count). The van der Waals surface area contributed by atoms with E-state index in [4.69, 9.17) is 0 Å². The highest BCUT2D eigenvalue weighted by molar-refractivity contribution is 5.67. The summed E-state index contributed by atoms with van der Waals surface area (Å²) in [5.74, 6) is 0.222. The van der Waals surface area contributed by atoms with E-state index in [-0.39, 0.29) is 5.88 Å². The Kier molecular flexibility index (Phi) is 3.48. The van der Waals surface area contributed by atoms with Gasteiger partial charge in [0.25, 0.3) is 0 Å². The highest BCUT2D eigenvalue weighted by atomic mass is 16.3. The Bertz CT molecular complexity index is 760. The monoisotopic (exact) mass is 278 g/mol. The average molecular weight is 278 g/mol. The van der Waals surface area contributed by atoms with Crippen molar-refractivity contribution in [3.05, 3.63) is 65.7 Å². The predicted molar refractivity (Wildman–Crippen MR) is 84.8 cm³/mol. The van der Waals surface area contributed by atoms with Gasteiger partial charge in [0.15, 0.2) is 0 Å². The van der Waals surface area contributed by atoms with Crippen molar-refractivity contribution in [3.63, 3.8) is 0 Å². The van der Waals surface area contributed by atoms with Crippen LogP contribution in [0.15, 0.2) is 54.6 Å². The molecule has 3 nitrogen and oxygen atoms in total. The van der Waals surface area contributed by atoms with E-state index < -0.39 is 0 Å². The molecule has 0 radical (unpaired) electrons. The molecule has 0 aliphatic heterocycles. The van der Waals surface area contributed by atoms with E-state index in [1.807, 2.05) is 49.4 Å². The molecule has 0 aliphatic carbocycles. The number of hydrogen-bond acceptors (Lipinski definition) is 2. The molecule has 0 amide bonds. The van der Waals surface area contributed by atoms with E-state index in [2.05, 4.69) is 24.2 Å². The molecule has 0 saturated heterocycles. The molecule has 0 atom stereocenters. The van der Waals surface area contributed by atoms with Crippen molar-refractivity contribution in [1.82, 2.24) is 9.78 Å². The maximum Gasteiger partial charge on any atom is 0.218 e. The molecule has 3 aromatic rings. The third-order valence-corrected chi connectivity index (χ3v) is 3.60. The zero-order valence-electron chi connectivity index (χ0n) is 12.2.